The molecule has 0 fully saturated rings. The Morgan fingerprint density at radius 1 is 1.40 bits per heavy atom. The lowest BCUT2D eigenvalue weighted by Gasteiger charge is -1.95. The van der Waals surface area contributed by atoms with Gasteiger partial charge >= 0.3 is 0 Å². The molecule has 0 aromatic carbocycles. The number of allylic oxidation sites excluding steroid dienone is 2. The third-order valence-electron chi connectivity index (χ3n) is 1.53. The van der Waals surface area contributed by atoms with Crippen LogP contribution in [0.1, 0.15) is 33.6 Å². The van der Waals surface area contributed by atoms with Gasteiger partial charge in [0.15, 0.2) is 0 Å². The number of aliphatic imine (C=N–C) groups is 1. The van der Waals surface area contributed by atoms with Gasteiger partial charge in [-0.15, -0.1) is 0 Å². The first-order valence-corrected chi connectivity index (χ1v) is 3.87. The first-order chi connectivity index (χ1) is 4.81. The van der Waals surface area contributed by atoms with E-state index in [0.717, 1.165) is 6.54 Å². The minimum atomic E-state index is 0.974. The molecular weight excluding hydrogens is 122 g/mol. The monoisotopic (exact) mass is 139 g/mol. The van der Waals surface area contributed by atoms with E-state index in [2.05, 4.69) is 24.9 Å². The molecule has 0 aromatic rings. The molecule has 0 aliphatic rings. The lowest BCUT2D eigenvalue weighted by molar-refractivity contribution is 0.825. The van der Waals surface area contributed by atoms with Crippen LogP contribution in [0, 0.1) is 0 Å². The molecule has 0 atom stereocenters. The second-order valence-electron chi connectivity index (χ2n) is 2.40. The molecule has 0 aromatic heterocycles. The van der Waals surface area contributed by atoms with Gasteiger partial charge in [-0.2, -0.15) is 0 Å². The summed E-state index contributed by atoms with van der Waals surface area (Å²) >= 11 is 0. The van der Waals surface area contributed by atoms with Crippen LogP contribution in [0.4, 0.5) is 0 Å². The van der Waals surface area contributed by atoms with E-state index in [9.17, 15) is 0 Å². The van der Waals surface area contributed by atoms with Crippen LogP contribution in [-0.4, -0.2) is 12.8 Å². The van der Waals surface area contributed by atoms with Crippen LogP contribution in [0.2, 0.25) is 0 Å². The Balaban J connectivity index is 3.20. The highest BCUT2D eigenvalue weighted by Gasteiger charge is 1.86. The molecule has 0 bridgehead atoms. The molecule has 0 radical (unpaired) electrons. The predicted molar refractivity (Wildman–Crippen MR) is 47.7 cm³/mol. The molecule has 0 saturated heterocycles. The van der Waals surface area contributed by atoms with Gasteiger partial charge in [0.2, 0.25) is 0 Å². The maximum atomic E-state index is 4.13. The summed E-state index contributed by atoms with van der Waals surface area (Å²) in [4.78, 5) is 4.13. The Labute approximate surface area is 63.9 Å². The first-order valence-electron chi connectivity index (χ1n) is 3.87. The van der Waals surface area contributed by atoms with E-state index in [1.165, 1.54) is 18.4 Å². The van der Waals surface area contributed by atoms with Gasteiger partial charge in [-0.05, 0) is 39.8 Å². The summed E-state index contributed by atoms with van der Waals surface area (Å²) in [5.41, 5.74) is 1.46. The van der Waals surface area contributed by atoms with Crippen LogP contribution < -0.4 is 0 Å². The average Bonchev–Trinajstić information content (AvgIpc) is 1.98. The first kappa shape index (κ1) is 9.41. The molecular formula is C9H17N. The fraction of sp³-hybridized carbons (Fsp3) is 0.667. The number of hydrogen-bond acceptors (Lipinski definition) is 1. The van der Waals surface area contributed by atoms with Crippen molar-refractivity contribution in [1.29, 1.82) is 0 Å². The zero-order valence-corrected chi connectivity index (χ0v) is 7.22. The van der Waals surface area contributed by atoms with Crippen molar-refractivity contribution in [2.75, 3.05) is 6.54 Å². The molecule has 0 rings (SSSR count). The molecule has 0 N–H and O–H groups in total. The largest absolute Gasteiger partial charge is 0.298 e. The molecule has 0 spiro atoms. The molecule has 0 heterocycles. The van der Waals surface area contributed by atoms with Crippen LogP contribution in [0.15, 0.2) is 16.6 Å². The van der Waals surface area contributed by atoms with Gasteiger partial charge in [-0.3, -0.25) is 4.99 Å². The number of nitrogens with zero attached hydrogens (tertiary/aromatic N) is 1. The fourth-order valence-electron chi connectivity index (χ4n) is 0.723. The Hall–Kier alpha value is -0.590. The van der Waals surface area contributed by atoms with E-state index in [4.69, 9.17) is 0 Å². The van der Waals surface area contributed by atoms with Gasteiger partial charge in [0.1, 0.15) is 0 Å². The SMILES string of the molecule is CC=NCCCC(C)=CC. The summed E-state index contributed by atoms with van der Waals surface area (Å²) in [6.45, 7) is 7.18. The molecule has 58 valence electrons. The van der Waals surface area contributed by atoms with Gasteiger partial charge in [0.05, 0.1) is 0 Å². The van der Waals surface area contributed by atoms with Gasteiger partial charge in [0.25, 0.3) is 0 Å². The highest BCUT2D eigenvalue weighted by molar-refractivity contribution is 5.53. The van der Waals surface area contributed by atoms with E-state index in [-0.39, 0.29) is 0 Å². The minimum absolute atomic E-state index is 0.974. The smallest absolute Gasteiger partial charge is 0.0388 e. The Kier molecular flexibility index (Phi) is 6.14. The molecule has 0 unspecified atom stereocenters. The summed E-state index contributed by atoms with van der Waals surface area (Å²) in [6.07, 6.45) is 6.40. The number of hydrogen-bond donors (Lipinski definition) is 0. The van der Waals surface area contributed by atoms with Crippen molar-refractivity contribution in [2.45, 2.75) is 33.6 Å². The molecule has 0 aliphatic carbocycles. The van der Waals surface area contributed by atoms with E-state index in [1.807, 2.05) is 13.1 Å². The van der Waals surface area contributed by atoms with Crippen molar-refractivity contribution < 1.29 is 0 Å². The molecule has 10 heavy (non-hydrogen) atoms. The van der Waals surface area contributed by atoms with Gasteiger partial charge in [0, 0.05) is 6.54 Å². The quantitative estimate of drug-likeness (QED) is 0.322. The lowest BCUT2D eigenvalue weighted by atomic mass is 10.1. The van der Waals surface area contributed by atoms with Crippen LogP contribution >= 0.6 is 0 Å². The van der Waals surface area contributed by atoms with Crippen LogP contribution in [0.25, 0.3) is 0 Å². The molecule has 0 amide bonds. The zero-order valence-electron chi connectivity index (χ0n) is 7.22. The number of rotatable bonds is 4. The molecule has 1 nitrogen and oxygen atoms in total. The summed E-state index contributed by atoms with van der Waals surface area (Å²) in [5.74, 6) is 0. The average molecular weight is 139 g/mol. The fourth-order valence-corrected chi connectivity index (χ4v) is 0.723. The highest BCUT2D eigenvalue weighted by atomic mass is 14.7. The van der Waals surface area contributed by atoms with Gasteiger partial charge < -0.3 is 0 Å². The second-order valence-corrected chi connectivity index (χ2v) is 2.40. The topological polar surface area (TPSA) is 12.4 Å². The Morgan fingerprint density at radius 2 is 2.10 bits per heavy atom. The third-order valence-corrected chi connectivity index (χ3v) is 1.53. The normalized spacial score (nSPS) is 12.9. The van der Waals surface area contributed by atoms with Crippen molar-refractivity contribution in [3.63, 3.8) is 0 Å². The van der Waals surface area contributed by atoms with Crippen LogP contribution in [0.3, 0.4) is 0 Å². The van der Waals surface area contributed by atoms with Crippen LogP contribution in [0.5, 0.6) is 0 Å². The summed E-state index contributed by atoms with van der Waals surface area (Å²) < 4.78 is 0. The molecule has 1 heteroatoms. The van der Waals surface area contributed by atoms with Crippen molar-refractivity contribution >= 4 is 6.21 Å². The van der Waals surface area contributed by atoms with E-state index >= 15 is 0 Å². The van der Waals surface area contributed by atoms with Gasteiger partial charge in [-0.1, -0.05) is 11.6 Å². The van der Waals surface area contributed by atoms with Crippen molar-refractivity contribution in [1.82, 2.24) is 0 Å². The lowest BCUT2D eigenvalue weighted by Crippen LogP contribution is -1.82. The molecule has 0 saturated carbocycles. The third kappa shape index (κ3) is 5.54. The summed E-state index contributed by atoms with van der Waals surface area (Å²) in [5, 5.41) is 0. The van der Waals surface area contributed by atoms with Crippen molar-refractivity contribution in [3.8, 4) is 0 Å². The summed E-state index contributed by atoms with van der Waals surface area (Å²) in [6, 6.07) is 0. The van der Waals surface area contributed by atoms with Gasteiger partial charge in [-0.25, -0.2) is 0 Å². The standard InChI is InChI=1S/C9H17N/c1-4-9(3)7-6-8-10-5-2/h4-5H,6-8H2,1-3H3. The van der Waals surface area contributed by atoms with E-state index in [1.54, 1.807) is 0 Å². The minimum Gasteiger partial charge on any atom is -0.298 e. The maximum Gasteiger partial charge on any atom is 0.0388 e. The highest BCUT2D eigenvalue weighted by Crippen LogP contribution is 2.02. The second kappa shape index (κ2) is 6.53. The predicted octanol–water partition coefficient (Wildman–Crippen LogP) is 2.82. The Morgan fingerprint density at radius 3 is 2.60 bits per heavy atom. The molecule has 0 aliphatic heterocycles. The van der Waals surface area contributed by atoms with Crippen LogP contribution in [-0.2, 0) is 0 Å². The Bertz CT molecular complexity index is 123. The van der Waals surface area contributed by atoms with Crippen molar-refractivity contribution in [3.05, 3.63) is 11.6 Å². The van der Waals surface area contributed by atoms with E-state index in [0.29, 0.717) is 0 Å². The zero-order chi connectivity index (χ0) is 7.82. The van der Waals surface area contributed by atoms with Crippen molar-refractivity contribution in [2.24, 2.45) is 4.99 Å². The maximum absolute atomic E-state index is 4.13. The summed E-state index contributed by atoms with van der Waals surface area (Å²) in [7, 11) is 0. The van der Waals surface area contributed by atoms with E-state index < -0.39 is 0 Å².